The summed E-state index contributed by atoms with van der Waals surface area (Å²) in [6.07, 6.45) is 1.15. The lowest BCUT2D eigenvalue weighted by Gasteiger charge is -2.47. The summed E-state index contributed by atoms with van der Waals surface area (Å²) in [5, 5.41) is 2.69. The summed E-state index contributed by atoms with van der Waals surface area (Å²) in [5.74, 6) is -1.32. The molecule has 160 valence electrons. The third-order valence-corrected chi connectivity index (χ3v) is 7.31. The van der Waals surface area contributed by atoms with Crippen LogP contribution in [0.3, 0.4) is 0 Å². The van der Waals surface area contributed by atoms with Gasteiger partial charge in [-0.25, -0.2) is 4.79 Å². The molecule has 0 saturated carbocycles. The van der Waals surface area contributed by atoms with Crippen LogP contribution in [0.25, 0.3) is 0 Å². The minimum atomic E-state index is -1.64. The lowest BCUT2D eigenvalue weighted by atomic mass is 9.89. The minimum Gasteiger partial charge on any atom is -0.450 e. The van der Waals surface area contributed by atoms with E-state index in [4.69, 9.17) is 4.74 Å². The fourth-order valence-electron chi connectivity index (χ4n) is 4.13. The molecule has 2 fully saturated rings. The van der Waals surface area contributed by atoms with Crippen molar-refractivity contribution in [1.82, 2.24) is 10.2 Å². The van der Waals surface area contributed by atoms with Crippen molar-refractivity contribution in [3.05, 3.63) is 84.4 Å². The summed E-state index contributed by atoms with van der Waals surface area (Å²) in [6.45, 7) is 7.49. The topological polar surface area (TPSA) is 75.7 Å². The molecule has 1 N–H and O–H groups in total. The summed E-state index contributed by atoms with van der Waals surface area (Å²) in [4.78, 5) is 40.9. The number of rotatable bonds is 6. The predicted molar refractivity (Wildman–Crippen MR) is 119 cm³/mol. The first-order valence-corrected chi connectivity index (χ1v) is 10.9. The number of benzene rings is 2. The first-order chi connectivity index (χ1) is 14.8. The fraction of sp³-hybridized carbons (Fsp3) is 0.292. The molecule has 31 heavy (non-hydrogen) atoms. The van der Waals surface area contributed by atoms with Crippen LogP contribution in [-0.2, 0) is 14.3 Å². The van der Waals surface area contributed by atoms with Gasteiger partial charge in [0, 0.05) is 5.56 Å². The average molecular weight is 437 g/mol. The smallest absolute Gasteiger partial charge is 0.355 e. The fourth-order valence-corrected chi connectivity index (χ4v) is 5.82. The van der Waals surface area contributed by atoms with Gasteiger partial charge in [0.2, 0.25) is 11.6 Å². The summed E-state index contributed by atoms with van der Waals surface area (Å²) in [5.41, 5.74) is -0.485. The Hall–Kier alpha value is -3.06. The Labute approximate surface area is 185 Å². The van der Waals surface area contributed by atoms with Crippen LogP contribution in [0.5, 0.6) is 0 Å². The van der Waals surface area contributed by atoms with E-state index >= 15 is 0 Å². The van der Waals surface area contributed by atoms with Crippen LogP contribution in [0.2, 0.25) is 0 Å². The molecule has 2 saturated heterocycles. The Morgan fingerprint density at radius 3 is 2.35 bits per heavy atom. The van der Waals surface area contributed by atoms with Crippen LogP contribution in [0.1, 0.15) is 42.3 Å². The Kier molecular flexibility index (Phi) is 5.39. The van der Waals surface area contributed by atoms with Crippen LogP contribution in [0.15, 0.2) is 73.3 Å². The Morgan fingerprint density at radius 2 is 1.77 bits per heavy atom. The van der Waals surface area contributed by atoms with Crippen molar-refractivity contribution in [2.45, 2.75) is 42.2 Å². The number of nitrogens with zero attached hydrogens (tertiary/aromatic N) is 1. The van der Waals surface area contributed by atoms with Gasteiger partial charge in [-0.05, 0) is 37.6 Å². The number of esters is 1. The summed E-state index contributed by atoms with van der Waals surface area (Å²) < 4.78 is 5.06. The number of hydrogen-bond acceptors (Lipinski definition) is 5. The van der Waals surface area contributed by atoms with E-state index in [1.807, 2.05) is 44.2 Å². The molecule has 4 rings (SSSR count). The van der Waals surface area contributed by atoms with Crippen molar-refractivity contribution in [1.29, 1.82) is 0 Å². The van der Waals surface area contributed by atoms with Gasteiger partial charge in [-0.2, -0.15) is 0 Å². The highest BCUT2D eigenvalue weighted by Crippen LogP contribution is 2.56. The standard InChI is InChI=1S/C24H24N2O4S/c1-4-18(16-11-7-5-8-12-16)30-22(29)24(25-21(28)17-13-9-6-10-14-17)23(2,3)31-20-15-19(27)26(20)24/h4-14,18,20H,1,15H2,2-3H3,(H,25,28)/t18?,20-,24+/m1/s1. The van der Waals surface area contributed by atoms with Gasteiger partial charge in [0.05, 0.1) is 16.5 Å². The van der Waals surface area contributed by atoms with E-state index in [-0.39, 0.29) is 11.3 Å². The molecule has 2 aromatic carbocycles. The maximum Gasteiger partial charge on any atom is 0.355 e. The normalized spacial score (nSPS) is 24.5. The molecule has 2 aliphatic rings. The van der Waals surface area contributed by atoms with E-state index in [2.05, 4.69) is 11.9 Å². The number of thioether (sulfide) groups is 1. The first-order valence-electron chi connectivity index (χ1n) is 10.1. The average Bonchev–Trinajstić information content (AvgIpc) is 2.95. The van der Waals surface area contributed by atoms with Crippen molar-refractivity contribution >= 4 is 29.5 Å². The number of fused-ring (bicyclic) bond motifs is 1. The van der Waals surface area contributed by atoms with Crippen molar-refractivity contribution in [2.24, 2.45) is 0 Å². The SMILES string of the molecule is C=CC(OC(=O)[C@]1(NC(=O)c2ccccc2)N2C(=O)C[C@H]2SC1(C)C)c1ccccc1. The van der Waals surface area contributed by atoms with Gasteiger partial charge >= 0.3 is 5.97 Å². The highest BCUT2D eigenvalue weighted by Gasteiger charge is 2.71. The van der Waals surface area contributed by atoms with Gasteiger partial charge < -0.3 is 10.1 Å². The molecule has 7 heteroatoms. The number of nitrogens with one attached hydrogen (secondary N) is 1. The third kappa shape index (κ3) is 3.43. The molecule has 0 spiro atoms. The van der Waals surface area contributed by atoms with Crippen molar-refractivity contribution in [3.8, 4) is 0 Å². The number of carbonyl (C=O) groups excluding carboxylic acids is 3. The van der Waals surface area contributed by atoms with Crippen LogP contribution < -0.4 is 5.32 Å². The molecule has 0 aromatic heterocycles. The number of amides is 2. The maximum absolute atomic E-state index is 13.7. The van der Waals surface area contributed by atoms with Gasteiger partial charge in [-0.1, -0.05) is 55.1 Å². The highest BCUT2D eigenvalue weighted by atomic mass is 32.2. The van der Waals surface area contributed by atoms with Crippen LogP contribution in [0, 0.1) is 0 Å². The zero-order valence-electron chi connectivity index (χ0n) is 17.4. The molecular weight excluding hydrogens is 412 g/mol. The van der Waals surface area contributed by atoms with Crippen LogP contribution in [-0.4, -0.2) is 38.5 Å². The molecule has 3 atom stereocenters. The largest absolute Gasteiger partial charge is 0.450 e. The number of hydrogen-bond donors (Lipinski definition) is 1. The Morgan fingerprint density at radius 1 is 1.16 bits per heavy atom. The predicted octanol–water partition coefficient (Wildman–Crippen LogP) is 3.67. The monoisotopic (exact) mass is 436 g/mol. The molecule has 2 amide bonds. The minimum absolute atomic E-state index is 0.190. The van der Waals surface area contributed by atoms with Crippen molar-refractivity contribution in [2.75, 3.05) is 0 Å². The van der Waals surface area contributed by atoms with Gasteiger partial charge in [0.15, 0.2) is 0 Å². The molecule has 6 nitrogen and oxygen atoms in total. The lowest BCUT2D eigenvalue weighted by molar-refractivity contribution is -0.177. The molecule has 1 unspecified atom stereocenters. The quantitative estimate of drug-likeness (QED) is 0.425. The van der Waals surface area contributed by atoms with E-state index in [1.165, 1.54) is 22.7 Å². The Balaban J connectivity index is 1.72. The zero-order valence-corrected chi connectivity index (χ0v) is 18.2. The van der Waals surface area contributed by atoms with Gasteiger partial charge in [0.25, 0.3) is 5.91 Å². The Bertz CT molecular complexity index is 1020. The highest BCUT2D eigenvalue weighted by molar-refractivity contribution is 8.01. The van der Waals surface area contributed by atoms with E-state index in [9.17, 15) is 14.4 Å². The zero-order chi connectivity index (χ0) is 22.2. The van der Waals surface area contributed by atoms with Gasteiger partial charge in [-0.3, -0.25) is 14.5 Å². The van der Waals surface area contributed by atoms with E-state index in [0.29, 0.717) is 12.0 Å². The number of ether oxygens (including phenoxy) is 1. The third-order valence-electron chi connectivity index (χ3n) is 5.77. The summed E-state index contributed by atoms with van der Waals surface area (Å²) >= 11 is 1.49. The van der Waals surface area contributed by atoms with E-state index < -0.39 is 28.4 Å². The maximum atomic E-state index is 13.7. The van der Waals surface area contributed by atoms with Gasteiger partial charge in [-0.15, -0.1) is 11.8 Å². The molecule has 0 bridgehead atoms. The van der Waals surface area contributed by atoms with Crippen molar-refractivity contribution < 1.29 is 19.1 Å². The van der Waals surface area contributed by atoms with E-state index in [1.54, 1.807) is 30.3 Å². The molecule has 2 aliphatic heterocycles. The summed E-state index contributed by atoms with van der Waals surface area (Å²) in [7, 11) is 0. The summed E-state index contributed by atoms with van der Waals surface area (Å²) in [6, 6.07) is 17.8. The first kappa shape index (κ1) is 21.2. The number of carbonyl (C=O) groups is 3. The second-order valence-corrected chi connectivity index (χ2v) is 9.85. The molecule has 2 heterocycles. The number of β-lactam (4-membered cyclic amide) rings is 1. The van der Waals surface area contributed by atoms with Gasteiger partial charge in [0.1, 0.15) is 6.10 Å². The molecule has 2 aromatic rings. The van der Waals surface area contributed by atoms with Crippen LogP contribution in [0.4, 0.5) is 0 Å². The molecule has 0 aliphatic carbocycles. The lowest BCUT2D eigenvalue weighted by Crippen LogP contribution is -2.75. The molecule has 0 radical (unpaired) electrons. The second kappa shape index (κ2) is 7.89. The molecular formula is C24H24N2O4S. The van der Waals surface area contributed by atoms with E-state index in [0.717, 1.165) is 5.56 Å². The second-order valence-electron chi connectivity index (χ2n) is 8.05. The van der Waals surface area contributed by atoms with Crippen LogP contribution >= 0.6 is 11.8 Å². The van der Waals surface area contributed by atoms with Crippen molar-refractivity contribution in [3.63, 3.8) is 0 Å².